The Morgan fingerprint density at radius 3 is 2.32 bits per heavy atom. The van der Waals surface area contributed by atoms with Crippen molar-refractivity contribution in [2.24, 2.45) is 5.92 Å². The standard InChI is InChI=1S/C34H46ClN3O3/c1-7-41-21-11-20-37(33(40)27-15-17-29(18-16-27)34(4,5)6)25-32(39)38(22-26(2)3)24-30-13-10-19-36(30)23-28-12-8-9-14-31(28)35/h8-10,12-19,26H,7,11,20-25H2,1-6H3. The van der Waals surface area contributed by atoms with Gasteiger partial charge in [0.25, 0.3) is 5.91 Å². The van der Waals surface area contributed by atoms with Gasteiger partial charge in [-0.1, -0.05) is 76.6 Å². The molecular formula is C34H46ClN3O3. The summed E-state index contributed by atoms with van der Waals surface area (Å²) in [6.07, 6.45) is 2.68. The highest BCUT2D eigenvalue weighted by Gasteiger charge is 2.24. The lowest BCUT2D eigenvalue weighted by Gasteiger charge is -2.29. The van der Waals surface area contributed by atoms with E-state index in [0.29, 0.717) is 51.4 Å². The first kappa shape index (κ1) is 32.4. The van der Waals surface area contributed by atoms with Crippen LogP contribution in [0.25, 0.3) is 0 Å². The molecule has 2 amide bonds. The topological polar surface area (TPSA) is 54.8 Å². The summed E-state index contributed by atoms with van der Waals surface area (Å²) >= 11 is 6.42. The van der Waals surface area contributed by atoms with E-state index in [1.807, 2.05) is 78.7 Å². The number of benzene rings is 2. The Bertz CT molecular complexity index is 1260. The Labute approximate surface area is 251 Å². The van der Waals surface area contributed by atoms with Crippen LogP contribution in [0.2, 0.25) is 5.02 Å². The molecule has 0 spiro atoms. The van der Waals surface area contributed by atoms with Gasteiger partial charge in [-0.2, -0.15) is 0 Å². The van der Waals surface area contributed by atoms with Crippen LogP contribution in [0.5, 0.6) is 0 Å². The van der Waals surface area contributed by atoms with Crippen LogP contribution in [-0.4, -0.2) is 59.0 Å². The smallest absolute Gasteiger partial charge is 0.254 e. The fourth-order valence-electron chi connectivity index (χ4n) is 4.76. The lowest BCUT2D eigenvalue weighted by Crippen LogP contribution is -2.44. The normalized spacial score (nSPS) is 11.6. The average molecular weight is 580 g/mol. The third-order valence-corrected chi connectivity index (χ3v) is 7.41. The van der Waals surface area contributed by atoms with Crippen LogP contribution in [0.1, 0.15) is 75.1 Å². The van der Waals surface area contributed by atoms with Crippen LogP contribution in [-0.2, 0) is 28.0 Å². The van der Waals surface area contributed by atoms with E-state index in [1.54, 1.807) is 4.90 Å². The van der Waals surface area contributed by atoms with Crippen molar-refractivity contribution in [2.45, 2.75) is 66.5 Å². The monoisotopic (exact) mass is 579 g/mol. The molecule has 0 fully saturated rings. The van der Waals surface area contributed by atoms with Crippen LogP contribution >= 0.6 is 11.6 Å². The molecule has 1 aromatic heterocycles. The van der Waals surface area contributed by atoms with Crippen LogP contribution in [0, 0.1) is 5.92 Å². The van der Waals surface area contributed by atoms with E-state index in [9.17, 15) is 9.59 Å². The van der Waals surface area contributed by atoms with E-state index in [-0.39, 0.29) is 29.7 Å². The summed E-state index contributed by atoms with van der Waals surface area (Å²) in [5.41, 5.74) is 3.79. The molecule has 0 unspecified atom stereocenters. The minimum absolute atomic E-state index is 0.00439. The second-order valence-corrected chi connectivity index (χ2v) is 12.4. The van der Waals surface area contributed by atoms with E-state index < -0.39 is 0 Å². The number of halogens is 1. The summed E-state index contributed by atoms with van der Waals surface area (Å²) in [5.74, 6) is 0.0696. The highest BCUT2D eigenvalue weighted by molar-refractivity contribution is 6.31. The Hall–Kier alpha value is -3.09. The fourth-order valence-corrected chi connectivity index (χ4v) is 4.96. The van der Waals surface area contributed by atoms with Crippen molar-refractivity contribution in [2.75, 3.05) is 32.8 Å². The van der Waals surface area contributed by atoms with Gasteiger partial charge in [0, 0.05) is 55.3 Å². The molecular weight excluding hydrogens is 534 g/mol. The maximum atomic E-state index is 13.8. The molecule has 3 aromatic rings. The van der Waals surface area contributed by atoms with E-state index >= 15 is 0 Å². The van der Waals surface area contributed by atoms with Gasteiger partial charge in [0.2, 0.25) is 5.91 Å². The molecule has 0 aliphatic rings. The molecule has 1 heterocycles. The molecule has 0 bridgehead atoms. The van der Waals surface area contributed by atoms with E-state index in [0.717, 1.165) is 21.8 Å². The van der Waals surface area contributed by atoms with Gasteiger partial charge >= 0.3 is 0 Å². The largest absolute Gasteiger partial charge is 0.382 e. The molecule has 0 N–H and O–H groups in total. The van der Waals surface area contributed by atoms with Gasteiger partial charge < -0.3 is 19.1 Å². The number of hydrogen-bond donors (Lipinski definition) is 0. The van der Waals surface area contributed by atoms with Crippen molar-refractivity contribution in [3.05, 3.63) is 94.3 Å². The molecule has 0 radical (unpaired) electrons. The van der Waals surface area contributed by atoms with Crippen molar-refractivity contribution in [3.8, 4) is 0 Å². The molecule has 2 aromatic carbocycles. The van der Waals surface area contributed by atoms with Crippen molar-refractivity contribution in [1.29, 1.82) is 0 Å². The van der Waals surface area contributed by atoms with Gasteiger partial charge in [0.05, 0.1) is 6.54 Å². The van der Waals surface area contributed by atoms with Gasteiger partial charge in [-0.15, -0.1) is 0 Å². The second-order valence-electron chi connectivity index (χ2n) is 12.0. The summed E-state index contributed by atoms with van der Waals surface area (Å²) < 4.78 is 7.65. The highest BCUT2D eigenvalue weighted by atomic mass is 35.5. The van der Waals surface area contributed by atoms with Crippen molar-refractivity contribution in [1.82, 2.24) is 14.4 Å². The number of nitrogens with zero attached hydrogens (tertiary/aromatic N) is 3. The molecule has 41 heavy (non-hydrogen) atoms. The highest BCUT2D eigenvalue weighted by Crippen LogP contribution is 2.23. The minimum atomic E-state index is -0.137. The number of hydrogen-bond acceptors (Lipinski definition) is 3. The van der Waals surface area contributed by atoms with Crippen molar-refractivity contribution < 1.29 is 14.3 Å². The lowest BCUT2D eigenvalue weighted by atomic mass is 9.86. The summed E-state index contributed by atoms with van der Waals surface area (Å²) in [4.78, 5) is 31.0. The molecule has 0 atom stereocenters. The lowest BCUT2D eigenvalue weighted by molar-refractivity contribution is -0.133. The summed E-state index contributed by atoms with van der Waals surface area (Å²) in [6.45, 7) is 15.9. The Balaban J connectivity index is 1.79. The summed E-state index contributed by atoms with van der Waals surface area (Å²) in [5, 5.41) is 0.721. The molecule has 0 aliphatic carbocycles. The summed E-state index contributed by atoms with van der Waals surface area (Å²) in [7, 11) is 0. The first-order valence-electron chi connectivity index (χ1n) is 14.6. The van der Waals surface area contributed by atoms with Gasteiger partial charge in [0.15, 0.2) is 0 Å². The number of carbonyl (C=O) groups excluding carboxylic acids is 2. The first-order valence-corrected chi connectivity index (χ1v) is 15.0. The second kappa shape index (κ2) is 15.2. The van der Waals surface area contributed by atoms with Crippen LogP contribution in [0.3, 0.4) is 0 Å². The van der Waals surface area contributed by atoms with Gasteiger partial charge in [-0.3, -0.25) is 9.59 Å². The predicted molar refractivity (Wildman–Crippen MR) is 167 cm³/mol. The zero-order valence-electron chi connectivity index (χ0n) is 25.5. The zero-order valence-corrected chi connectivity index (χ0v) is 26.3. The molecule has 0 saturated heterocycles. The van der Waals surface area contributed by atoms with Gasteiger partial charge in [0.1, 0.15) is 6.54 Å². The van der Waals surface area contributed by atoms with E-state index in [2.05, 4.69) is 39.2 Å². The fraction of sp³-hybridized carbons (Fsp3) is 0.471. The maximum absolute atomic E-state index is 13.8. The van der Waals surface area contributed by atoms with Crippen LogP contribution < -0.4 is 0 Å². The van der Waals surface area contributed by atoms with Crippen LogP contribution in [0.15, 0.2) is 66.9 Å². The Morgan fingerprint density at radius 1 is 0.976 bits per heavy atom. The quantitative estimate of drug-likeness (QED) is 0.192. The van der Waals surface area contributed by atoms with Gasteiger partial charge in [-0.05, 0) is 66.1 Å². The van der Waals surface area contributed by atoms with E-state index in [4.69, 9.17) is 16.3 Å². The molecule has 7 heteroatoms. The number of ether oxygens (including phenoxy) is 1. The molecule has 3 rings (SSSR count). The number of aromatic nitrogens is 1. The van der Waals surface area contributed by atoms with Gasteiger partial charge in [-0.25, -0.2) is 0 Å². The van der Waals surface area contributed by atoms with E-state index in [1.165, 1.54) is 0 Å². The molecule has 222 valence electrons. The van der Waals surface area contributed by atoms with Crippen LogP contribution in [0.4, 0.5) is 0 Å². The number of carbonyl (C=O) groups is 2. The average Bonchev–Trinajstić information content (AvgIpc) is 3.36. The molecule has 0 saturated carbocycles. The third kappa shape index (κ3) is 9.75. The van der Waals surface area contributed by atoms with Crippen molar-refractivity contribution >= 4 is 23.4 Å². The minimum Gasteiger partial charge on any atom is -0.382 e. The molecule has 6 nitrogen and oxygen atoms in total. The number of rotatable bonds is 14. The Morgan fingerprint density at radius 2 is 1.68 bits per heavy atom. The predicted octanol–water partition coefficient (Wildman–Crippen LogP) is 7.04. The molecule has 0 aliphatic heterocycles. The Kier molecular flexibility index (Phi) is 12.0. The third-order valence-electron chi connectivity index (χ3n) is 7.05. The van der Waals surface area contributed by atoms with Crippen molar-refractivity contribution in [3.63, 3.8) is 0 Å². The SMILES string of the molecule is CCOCCCN(CC(=O)N(Cc1cccn1Cc1ccccc1Cl)CC(C)C)C(=O)c1ccc(C(C)(C)C)cc1. The summed E-state index contributed by atoms with van der Waals surface area (Å²) in [6, 6.07) is 19.6. The zero-order chi connectivity index (χ0) is 30.0. The first-order chi connectivity index (χ1) is 19.5. The maximum Gasteiger partial charge on any atom is 0.254 e. The number of amides is 2.